The summed E-state index contributed by atoms with van der Waals surface area (Å²) in [6.45, 7) is 4.98. The van der Waals surface area contributed by atoms with Crippen LogP contribution in [-0.4, -0.2) is 47.9 Å². The zero-order valence-electron chi connectivity index (χ0n) is 15.3. The zero-order chi connectivity index (χ0) is 19.2. The standard InChI is InChI=1S/C21H23BrN4O/c1-16(21(27)24-19-10-6-5-9-18(19)22)25-11-13-26(14-12-25)20(15-23)17-7-3-2-4-8-17/h2-10,16,20H,11-14H2,1H3,(H,24,27). The first kappa shape index (κ1) is 19.6. The third-order valence-corrected chi connectivity index (χ3v) is 5.70. The van der Waals surface area contributed by atoms with Crippen molar-refractivity contribution in [3.05, 3.63) is 64.6 Å². The molecule has 2 aromatic rings. The van der Waals surface area contributed by atoms with Gasteiger partial charge < -0.3 is 5.32 Å². The van der Waals surface area contributed by atoms with E-state index in [1.807, 2.05) is 61.5 Å². The summed E-state index contributed by atoms with van der Waals surface area (Å²) in [7, 11) is 0. The minimum absolute atomic E-state index is 0.0183. The van der Waals surface area contributed by atoms with Crippen LogP contribution in [0, 0.1) is 11.3 Å². The van der Waals surface area contributed by atoms with E-state index >= 15 is 0 Å². The van der Waals surface area contributed by atoms with Crippen LogP contribution < -0.4 is 5.32 Å². The fourth-order valence-electron chi connectivity index (χ4n) is 3.35. The molecule has 0 aliphatic carbocycles. The number of hydrogen-bond donors (Lipinski definition) is 1. The highest BCUT2D eigenvalue weighted by Gasteiger charge is 2.29. The highest BCUT2D eigenvalue weighted by molar-refractivity contribution is 9.10. The highest BCUT2D eigenvalue weighted by atomic mass is 79.9. The molecule has 0 bridgehead atoms. The van der Waals surface area contributed by atoms with Gasteiger partial charge >= 0.3 is 0 Å². The Kier molecular flexibility index (Phi) is 6.62. The number of nitrogens with zero attached hydrogens (tertiary/aromatic N) is 3. The number of benzene rings is 2. The molecule has 0 radical (unpaired) electrons. The molecule has 140 valence electrons. The number of nitrogens with one attached hydrogen (secondary N) is 1. The Labute approximate surface area is 168 Å². The SMILES string of the molecule is CC(C(=O)Nc1ccccc1Br)N1CCN(C(C#N)c2ccccc2)CC1. The fraction of sp³-hybridized carbons (Fsp3) is 0.333. The Hall–Kier alpha value is -2.20. The lowest BCUT2D eigenvalue weighted by Crippen LogP contribution is -2.53. The number of anilines is 1. The molecule has 1 fully saturated rings. The van der Waals surface area contributed by atoms with Gasteiger partial charge in [0.1, 0.15) is 6.04 Å². The van der Waals surface area contributed by atoms with Crippen molar-refractivity contribution in [1.82, 2.24) is 9.80 Å². The summed E-state index contributed by atoms with van der Waals surface area (Å²) < 4.78 is 0.870. The van der Waals surface area contributed by atoms with E-state index in [-0.39, 0.29) is 18.0 Å². The van der Waals surface area contributed by atoms with E-state index in [0.29, 0.717) is 0 Å². The molecule has 2 aromatic carbocycles. The largest absolute Gasteiger partial charge is 0.324 e. The molecule has 3 rings (SSSR count). The molecule has 1 N–H and O–H groups in total. The number of nitriles is 1. The van der Waals surface area contributed by atoms with Gasteiger partial charge in [0.2, 0.25) is 5.91 Å². The van der Waals surface area contributed by atoms with Crippen LogP contribution in [0.1, 0.15) is 18.5 Å². The van der Waals surface area contributed by atoms with Crippen molar-refractivity contribution >= 4 is 27.5 Å². The third kappa shape index (κ3) is 4.75. The number of halogens is 1. The topological polar surface area (TPSA) is 59.4 Å². The van der Waals surface area contributed by atoms with Crippen molar-refractivity contribution < 1.29 is 4.79 Å². The number of piperazine rings is 1. The van der Waals surface area contributed by atoms with E-state index < -0.39 is 0 Å². The molecule has 2 unspecified atom stereocenters. The Morgan fingerprint density at radius 1 is 1.04 bits per heavy atom. The molecular weight excluding hydrogens is 404 g/mol. The second-order valence-corrected chi connectivity index (χ2v) is 7.51. The maximum atomic E-state index is 12.6. The lowest BCUT2D eigenvalue weighted by molar-refractivity contribution is -0.121. The molecule has 0 aromatic heterocycles. The zero-order valence-corrected chi connectivity index (χ0v) is 16.9. The molecule has 27 heavy (non-hydrogen) atoms. The van der Waals surface area contributed by atoms with Crippen LogP contribution in [0.3, 0.4) is 0 Å². The van der Waals surface area contributed by atoms with E-state index in [1.54, 1.807) is 0 Å². The number of hydrogen-bond acceptors (Lipinski definition) is 4. The van der Waals surface area contributed by atoms with E-state index in [2.05, 4.69) is 37.1 Å². The van der Waals surface area contributed by atoms with Gasteiger partial charge in [-0.3, -0.25) is 14.6 Å². The van der Waals surface area contributed by atoms with Crippen molar-refractivity contribution in [1.29, 1.82) is 5.26 Å². The van der Waals surface area contributed by atoms with Gasteiger partial charge in [-0.25, -0.2) is 0 Å². The minimum Gasteiger partial charge on any atom is -0.324 e. The maximum Gasteiger partial charge on any atom is 0.241 e. The highest BCUT2D eigenvalue weighted by Crippen LogP contribution is 2.23. The lowest BCUT2D eigenvalue weighted by atomic mass is 10.1. The minimum atomic E-state index is -0.238. The average Bonchev–Trinajstić information content (AvgIpc) is 2.71. The summed E-state index contributed by atoms with van der Waals surface area (Å²) in [6, 6.07) is 19.4. The van der Waals surface area contributed by atoms with E-state index in [4.69, 9.17) is 0 Å². The van der Waals surface area contributed by atoms with Crippen LogP contribution in [-0.2, 0) is 4.79 Å². The van der Waals surface area contributed by atoms with Gasteiger partial charge in [0.05, 0.1) is 17.8 Å². The van der Waals surface area contributed by atoms with Crippen molar-refractivity contribution in [3.63, 3.8) is 0 Å². The number of amides is 1. The van der Waals surface area contributed by atoms with Gasteiger partial charge in [0, 0.05) is 30.7 Å². The molecule has 1 aliphatic heterocycles. The first-order valence-corrected chi connectivity index (χ1v) is 9.87. The van der Waals surface area contributed by atoms with Gasteiger partial charge in [-0.2, -0.15) is 5.26 Å². The fourth-order valence-corrected chi connectivity index (χ4v) is 3.73. The summed E-state index contributed by atoms with van der Waals surface area (Å²) in [6.07, 6.45) is 0. The van der Waals surface area contributed by atoms with E-state index in [9.17, 15) is 10.1 Å². The summed E-state index contributed by atoms with van der Waals surface area (Å²) in [5.74, 6) is -0.0183. The molecule has 1 aliphatic rings. The van der Waals surface area contributed by atoms with E-state index in [0.717, 1.165) is 41.9 Å². The third-order valence-electron chi connectivity index (χ3n) is 5.01. The van der Waals surface area contributed by atoms with Crippen LogP contribution in [0.25, 0.3) is 0 Å². The molecule has 6 heteroatoms. The molecule has 2 atom stereocenters. The van der Waals surface area contributed by atoms with Crippen LogP contribution >= 0.6 is 15.9 Å². The van der Waals surface area contributed by atoms with Gasteiger partial charge in [-0.15, -0.1) is 0 Å². The van der Waals surface area contributed by atoms with Crippen molar-refractivity contribution in [2.24, 2.45) is 0 Å². The maximum absolute atomic E-state index is 12.6. The normalized spacial score (nSPS) is 17.7. The molecule has 1 heterocycles. The Bertz CT molecular complexity index is 812. The Balaban J connectivity index is 1.57. The molecular formula is C21H23BrN4O. The summed E-state index contributed by atoms with van der Waals surface area (Å²) in [4.78, 5) is 17.0. The summed E-state index contributed by atoms with van der Waals surface area (Å²) in [5.41, 5.74) is 1.80. The Morgan fingerprint density at radius 2 is 1.63 bits per heavy atom. The van der Waals surface area contributed by atoms with E-state index in [1.165, 1.54) is 0 Å². The first-order chi connectivity index (χ1) is 13.1. The van der Waals surface area contributed by atoms with Crippen LogP contribution in [0.4, 0.5) is 5.69 Å². The quantitative estimate of drug-likeness (QED) is 0.792. The molecule has 0 spiro atoms. The molecule has 5 nitrogen and oxygen atoms in total. The van der Waals surface area contributed by atoms with Gasteiger partial charge in [-0.1, -0.05) is 42.5 Å². The molecule has 0 saturated carbocycles. The average molecular weight is 427 g/mol. The van der Waals surface area contributed by atoms with Crippen LogP contribution in [0.2, 0.25) is 0 Å². The van der Waals surface area contributed by atoms with Crippen LogP contribution in [0.5, 0.6) is 0 Å². The summed E-state index contributed by atoms with van der Waals surface area (Å²) in [5, 5.41) is 12.6. The smallest absolute Gasteiger partial charge is 0.241 e. The number of carbonyl (C=O) groups is 1. The monoisotopic (exact) mass is 426 g/mol. The van der Waals surface area contributed by atoms with Crippen molar-refractivity contribution in [2.45, 2.75) is 19.0 Å². The van der Waals surface area contributed by atoms with Gasteiger partial charge in [0.15, 0.2) is 0 Å². The predicted octanol–water partition coefficient (Wildman–Crippen LogP) is 3.66. The lowest BCUT2D eigenvalue weighted by Gasteiger charge is -2.39. The molecule has 1 saturated heterocycles. The number of rotatable bonds is 5. The van der Waals surface area contributed by atoms with Crippen molar-refractivity contribution in [2.75, 3.05) is 31.5 Å². The second-order valence-electron chi connectivity index (χ2n) is 6.66. The summed E-state index contributed by atoms with van der Waals surface area (Å²) >= 11 is 3.46. The number of para-hydroxylation sites is 1. The second kappa shape index (κ2) is 9.14. The van der Waals surface area contributed by atoms with Gasteiger partial charge in [-0.05, 0) is 40.5 Å². The van der Waals surface area contributed by atoms with Crippen molar-refractivity contribution in [3.8, 4) is 6.07 Å². The Morgan fingerprint density at radius 3 is 2.26 bits per heavy atom. The predicted molar refractivity (Wildman–Crippen MR) is 110 cm³/mol. The number of carbonyl (C=O) groups excluding carboxylic acids is 1. The van der Waals surface area contributed by atoms with Crippen LogP contribution in [0.15, 0.2) is 59.1 Å². The van der Waals surface area contributed by atoms with Gasteiger partial charge in [0.25, 0.3) is 0 Å². The first-order valence-electron chi connectivity index (χ1n) is 9.08. The molecule has 1 amide bonds.